The Hall–Kier alpha value is -1.74. The summed E-state index contributed by atoms with van der Waals surface area (Å²) in [6.45, 7) is 0. The average Bonchev–Trinajstić information content (AvgIpc) is 2.35. The number of carbonyl (C=O) groups is 1. The average molecular weight is 250 g/mol. The van der Waals surface area contributed by atoms with Gasteiger partial charge in [0.15, 0.2) is 5.78 Å². The van der Waals surface area contributed by atoms with Gasteiger partial charge in [-0.1, -0.05) is 11.6 Å². The summed E-state index contributed by atoms with van der Waals surface area (Å²) in [4.78, 5) is 15.7. The quantitative estimate of drug-likeness (QED) is 0.782. The second-order valence-electron chi connectivity index (χ2n) is 3.58. The van der Waals surface area contributed by atoms with Crippen LogP contribution in [0.4, 0.5) is 4.39 Å². The standard InChI is InChI=1S/C13H9ClFNO/c14-11-3-4-12(15)10(6-11)7-13(17)9-2-1-5-16-8-9/h1-6,8H,7H2. The van der Waals surface area contributed by atoms with Gasteiger partial charge in [-0.3, -0.25) is 9.78 Å². The molecule has 2 rings (SSSR count). The van der Waals surface area contributed by atoms with E-state index in [9.17, 15) is 9.18 Å². The summed E-state index contributed by atoms with van der Waals surface area (Å²) >= 11 is 5.76. The summed E-state index contributed by atoms with van der Waals surface area (Å²) in [5, 5.41) is 0.417. The van der Waals surface area contributed by atoms with Crippen LogP contribution < -0.4 is 0 Å². The van der Waals surface area contributed by atoms with E-state index in [1.54, 1.807) is 18.3 Å². The van der Waals surface area contributed by atoms with Crippen molar-refractivity contribution in [2.45, 2.75) is 6.42 Å². The van der Waals surface area contributed by atoms with E-state index < -0.39 is 5.82 Å². The van der Waals surface area contributed by atoms with E-state index >= 15 is 0 Å². The molecule has 17 heavy (non-hydrogen) atoms. The minimum absolute atomic E-state index is 0.0158. The molecule has 0 saturated carbocycles. The van der Waals surface area contributed by atoms with Crippen molar-refractivity contribution >= 4 is 17.4 Å². The second kappa shape index (κ2) is 5.06. The molecule has 0 N–H and O–H groups in total. The first-order chi connectivity index (χ1) is 8.16. The lowest BCUT2D eigenvalue weighted by Gasteiger charge is -2.03. The summed E-state index contributed by atoms with van der Waals surface area (Å²) in [6.07, 6.45) is 3.03. The van der Waals surface area contributed by atoms with Crippen LogP contribution in [0.25, 0.3) is 0 Å². The predicted molar refractivity (Wildman–Crippen MR) is 63.7 cm³/mol. The lowest BCUT2D eigenvalue weighted by atomic mass is 10.0. The lowest BCUT2D eigenvalue weighted by molar-refractivity contribution is 0.0991. The topological polar surface area (TPSA) is 30.0 Å². The van der Waals surface area contributed by atoms with Gasteiger partial charge in [-0.2, -0.15) is 0 Å². The zero-order chi connectivity index (χ0) is 12.3. The Labute approximate surface area is 103 Å². The van der Waals surface area contributed by atoms with Gasteiger partial charge in [-0.25, -0.2) is 4.39 Å². The van der Waals surface area contributed by atoms with Gasteiger partial charge in [0.25, 0.3) is 0 Å². The first-order valence-corrected chi connectivity index (χ1v) is 5.42. The van der Waals surface area contributed by atoms with Gasteiger partial charge in [0.1, 0.15) is 5.82 Å². The highest BCUT2D eigenvalue weighted by Gasteiger charge is 2.10. The maximum atomic E-state index is 13.4. The number of nitrogens with zero attached hydrogens (tertiary/aromatic N) is 1. The lowest BCUT2D eigenvalue weighted by Crippen LogP contribution is -2.05. The summed E-state index contributed by atoms with van der Waals surface area (Å²) in [5.74, 6) is -0.606. The van der Waals surface area contributed by atoms with Crippen LogP contribution in [0.2, 0.25) is 5.02 Å². The van der Waals surface area contributed by atoms with Crippen LogP contribution in [0.15, 0.2) is 42.7 Å². The van der Waals surface area contributed by atoms with E-state index in [1.807, 2.05) is 0 Å². The van der Waals surface area contributed by atoms with Crippen LogP contribution in [0.5, 0.6) is 0 Å². The molecule has 4 heteroatoms. The fourth-order valence-electron chi connectivity index (χ4n) is 1.48. The molecule has 2 nitrogen and oxygen atoms in total. The Morgan fingerprint density at radius 3 is 2.88 bits per heavy atom. The molecule has 0 spiro atoms. The zero-order valence-corrected chi connectivity index (χ0v) is 9.62. The number of ketones is 1. The van der Waals surface area contributed by atoms with E-state index in [2.05, 4.69) is 4.98 Å². The van der Waals surface area contributed by atoms with Gasteiger partial charge in [0.2, 0.25) is 0 Å². The summed E-state index contributed by atoms with van der Waals surface area (Å²) < 4.78 is 13.4. The highest BCUT2D eigenvalue weighted by Crippen LogP contribution is 2.16. The van der Waals surface area contributed by atoms with Crippen LogP contribution in [0.3, 0.4) is 0 Å². The van der Waals surface area contributed by atoms with E-state index in [4.69, 9.17) is 11.6 Å². The van der Waals surface area contributed by atoms with Crippen molar-refractivity contribution in [3.63, 3.8) is 0 Å². The molecule has 0 aliphatic carbocycles. The Morgan fingerprint density at radius 2 is 2.18 bits per heavy atom. The van der Waals surface area contributed by atoms with Crippen LogP contribution in [-0.4, -0.2) is 10.8 Å². The minimum Gasteiger partial charge on any atom is -0.294 e. The molecule has 0 atom stereocenters. The number of hydrogen-bond acceptors (Lipinski definition) is 2. The van der Waals surface area contributed by atoms with Crippen molar-refractivity contribution in [3.8, 4) is 0 Å². The smallest absolute Gasteiger partial charge is 0.168 e. The number of halogens is 2. The summed E-state index contributed by atoms with van der Waals surface area (Å²) in [6, 6.07) is 7.49. The molecule has 1 aromatic heterocycles. The van der Waals surface area contributed by atoms with Gasteiger partial charge < -0.3 is 0 Å². The maximum absolute atomic E-state index is 13.4. The number of hydrogen-bond donors (Lipinski definition) is 0. The highest BCUT2D eigenvalue weighted by atomic mass is 35.5. The maximum Gasteiger partial charge on any atom is 0.168 e. The minimum atomic E-state index is -0.424. The van der Waals surface area contributed by atoms with E-state index in [1.165, 1.54) is 24.4 Å². The fraction of sp³-hybridized carbons (Fsp3) is 0.0769. The van der Waals surface area contributed by atoms with Gasteiger partial charge in [-0.15, -0.1) is 0 Å². The van der Waals surface area contributed by atoms with E-state index in [-0.39, 0.29) is 12.2 Å². The normalized spacial score (nSPS) is 10.2. The summed E-state index contributed by atoms with van der Waals surface area (Å²) in [5.41, 5.74) is 0.762. The van der Waals surface area contributed by atoms with Crippen LogP contribution >= 0.6 is 11.6 Å². The predicted octanol–water partition coefficient (Wildman–Crippen LogP) is 3.30. The third kappa shape index (κ3) is 2.88. The Kier molecular flexibility index (Phi) is 3.49. The van der Waals surface area contributed by atoms with Crippen LogP contribution in [-0.2, 0) is 6.42 Å². The molecular weight excluding hydrogens is 241 g/mol. The molecule has 86 valence electrons. The number of aromatic nitrogens is 1. The van der Waals surface area contributed by atoms with Gasteiger partial charge >= 0.3 is 0 Å². The number of rotatable bonds is 3. The number of carbonyl (C=O) groups excluding carboxylic acids is 1. The number of benzene rings is 1. The van der Waals surface area contributed by atoms with Crippen molar-refractivity contribution in [1.29, 1.82) is 0 Å². The molecule has 1 heterocycles. The van der Waals surface area contributed by atoms with Crippen molar-refractivity contribution < 1.29 is 9.18 Å². The first kappa shape index (κ1) is 11.7. The van der Waals surface area contributed by atoms with Crippen LogP contribution in [0, 0.1) is 5.82 Å². The van der Waals surface area contributed by atoms with Crippen LogP contribution in [0.1, 0.15) is 15.9 Å². The molecule has 1 aromatic carbocycles. The van der Waals surface area contributed by atoms with Crippen molar-refractivity contribution in [2.75, 3.05) is 0 Å². The van der Waals surface area contributed by atoms with Gasteiger partial charge in [0, 0.05) is 29.4 Å². The molecule has 0 fully saturated rings. The van der Waals surface area contributed by atoms with Gasteiger partial charge in [-0.05, 0) is 35.9 Å². The zero-order valence-electron chi connectivity index (χ0n) is 8.86. The summed E-state index contributed by atoms with van der Waals surface area (Å²) in [7, 11) is 0. The van der Waals surface area contributed by atoms with Crippen molar-refractivity contribution in [3.05, 3.63) is 64.7 Å². The third-order valence-electron chi connectivity index (χ3n) is 2.34. The second-order valence-corrected chi connectivity index (χ2v) is 4.01. The molecule has 0 saturated heterocycles. The number of pyridine rings is 1. The van der Waals surface area contributed by atoms with E-state index in [0.717, 1.165) is 0 Å². The SMILES string of the molecule is O=C(Cc1cc(Cl)ccc1F)c1cccnc1. The highest BCUT2D eigenvalue weighted by molar-refractivity contribution is 6.30. The van der Waals surface area contributed by atoms with Crippen molar-refractivity contribution in [1.82, 2.24) is 4.98 Å². The Balaban J connectivity index is 2.22. The largest absolute Gasteiger partial charge is 0.294 e. The number of Topliss-reactive ketones (excluding diaryl/α,β-unsaturated/α-hetero) is 1. The molecule has 0 bridgehead atoms. The molecule has 0 aliphatic rings. The van der Waals surface area contributed by atoms with Gasteiger partial charge in [0.05, 0.1) is 0 Å². The fourth-order valence-corrected chi connectivity index (χ4v) is 1.68. The molecule has 2 aromatic rings. The molecular formula is C13H9ClFNO. The monoisotopic (exact) mass is 249 g/mol. The molecule has 0 radical (unpaired) electrons. The third-order valence-corrected chi connectivity index (χ3v) is 2.58. The molecule has 0 aliphatic heterocycles. The Bertz CT molecular complexity index is 542. The molecule has 0 unspecified atom stereocenters. The van der Waals surface area contributed by atoms with E-state index in [0.29, 0.717) is 16.1 Å². The first-order valence-electron chi connectivity index (χ1n) is 5.04. The van der Waals surface area contributed by atoms with Crippen molar-refractivity contribution in [2.24, 2.45) is 0 Å². The molecule has 0 amide bonds. The Morgan fingerprint density at radius 1 is 1.35 bits per heavy atom.